The first kappa shape index (κ1) is 24.9. The Hall–Kier alpha value is -3.70. The van der Waals surface area contributed by atoms with Gasteiger partial charge in [0.15, 0.2) is 0 Å². The maximum Gasteiger partial charge on any atom is 0.268 e. The molecule has 1 atom stereocenters. The van der Waals surface area contributed by atoms with Crippen molar-refractivity contribution >= 4 is 28.5 Å². The molecule has 8 heteroatoms. The number of aryl methyl sites for hydroxylation is 1. The first-order valence-electron chi connectivity index (χ1n) is 11.2. The van der Waals surface area contributed by atoms with Gasteiger partial charge in [-0.1, -0.05) is 56.4 Å². The molecule has 1 amide bonds. The zero-order valence-electron chi connectivity index (χ0n) is 19.6. The van der Waals surface area contributed by atoms with Crippen LogP contribution in [-0.2, 0) is 11.2 Å². The summed E-state index contributed by atoms with van der Waals surface area (Å²) in [7, 11) is 0. The van der Waals surface area contributed by atoms with Crippen molar-refractivity contribution in [2.75, 3.05) is 18.5 Å². The highest BCUT2D eigenvalue weighted by Crippen LogP contribution is 2.22. The van der Waals surface area contributed by atoms with Gasteiger partial charge in [0.1, 0.15) is 41.4 Å². The lowest BCUT2D eigenvalue weighted by Gasteiger charge is -2.11. The van der Waals surface area contributed by atoms with Crippen LogP contribution in [-0.4, -0.2) is 29.3 Å². The second-order valence-electron chi connectivity index (χ2n) is 7.62. The molecule has 34 heavy (non-hydrogen) atoms. The van der Waals surface area contributed by atoms with E-state index in [1.165, 1.54) is 23.0 Å². The number of carbonyl (C=O) groups is 1. The molecule has 3 aromatic rings. The predicted octanol–water partition coefficient (Wildman–Crippen LogP) is 5.62. The highest BCUT2D eigenvalue weighted by molar-refractivity contribution is 7.15. The molecule has 0 fully saturated rings. The van der Waals surface area contributed by atoms with Crippen molar-refractivity contribution in [1.29, 1.82) is 5.26 Å². The van der Waals surface area contributed by atoms with Crippen molar-refractivity contribution in [2.24, 2.45) is 0 Å². The average Bonchev–Trinajstić information content (AvgIpc) is 3.33. The van der Waals surface area contributed by atoms with Gasteiger partial charge in [0.25, 0.3) is 5.91 Å². The number of nitrogens with zero attached hydrogens (tertiary/aromatic N) is 3. The number of hydrogen-bond acceptors (Lipinski definition) is 7. The monoisotopic (exact) mass is 476 g/mol. The minimum absolute atomic E-state index is 0.0188. The Morgan fingerprint density at radius 1 is 1.06 bits per heavy atom. The van der Waals surface area contributed by atoms with E-state index in [0.29, 0.717) is 35.6 Å². The number of rotatable bonds is 11. The number of nitrogens with one attached hydrogen (secondary N) is 1. The number of ether oxygens (including phenoxy) is 2. The van der Waals surface area contributed by atoms with Crippen LogP contribution in [0.25, 0.3) is 6.08 Å². The van der Waals surface area contributed by atoms with Gasteiger partial charge in [0.05, 0.1) is 0 Å². The number of aromatic nitrogens is 2. The molecule has 0 spiro atoms. The summed E-state index contributed by atoms with van der Waals surface area (Å²) in [4.78, 5) is 12.4. The summed E-state index contributed by atoms with van der Waals surface area (Å²) in [6.07, 6.45) is 3.37. The van der Waals surface area contributed by atoms with Gasteiger partial charge >= 0.3 is 0 Å². The molecule has 1 aromatic heterocycles. The quantitative estimate of drug-likeness (QED) is 0.219. The van der Waals surface area contributed by atoms with E-state index in [9.17, 15) is 10.1 Å². The van der Waals surface area contributed by atoms with Crippen LogP contribution in [0.1, 0.15) is 49.2 Å². The van der Waals surface area contributed by atoms with Crippen LogP contribution in [0, 0.1) is 11.3 Å². The molecule has 1 N–H and O–H groups in total. The van der Waals surface area contributed by atoms with Crippen molar-refractivity contribution in [3.8, 4) is 17.6 Å². The third kappa shape index (κ3) is 7.15. The largest absolute Gasteiger partial charge is 0.490 e. The molecule has 0 aliphatic rings. The fourth-order valence-electron chi connectivity index (χ4n) is 3.03. The number of nitriles is 1. The number of carbonyl (C=O) groups excluding carboxylic acids is 1. The van der Waals surface area contributed by atoms with Crippen molar-refractivity contribution in [3.05, 3.63) is 70.2 Å². The smallest absolute Gasteiger partial charge is 0.268 e. The van der Waals surface area contributed by atoms with Crippen LogP contribution < -0.4 is 14.8 Å². The van der Waals surface area contributed by atoms with E-state index in [1.807, 2.05) is 25.1 Å². The van der Waals surface area contributed by atoms with Crippen LogP contribution >= 0.6 is 11.3 Å². The lowest BCUT2D eigenvalue weighted by Crippen LogP contribution is -2.13. The van der Waals surface area contributed by atoms with Gasteiger partial charge in [-0.2, -0.15) is 5.26 Å². The molecule has 1 unspecified atom stereocenters. The Labute approximate surface area is 204 Å². The van der Waals surface area contributed by atoms with Crippen LogP contribution in [0.5, 0.6) is 11.5 Å². The second-order valence-corrected chi connectivity index (χ2v) is 8.68. The Morgan fingerprint density at radius 2 is 1.68 bits per heavy atom. The first-order valence-corrected chi connectivity index (χ1v) is 12.0. The van der Waals surface area contributed by atoms with Gasteiger partial charge in [-0.15, -0.1) is 10.2 Å². The minimum Gasteiger partial charge on any atom is -0.490 e. The number of amides is 1. The first-order chi connectivity index (χ1) is 16.5. The molecular formula is C26H28N4O3S. The molecule has 3 rings (SSSR count). The fourth-order valence-corrected chi connectivity index (χ4v) is 3.71. The van der Waals surface area contributed by atoms with E-state index in [1.54, 1.807) is 24.3 Å². The maximum atomic E-state index is 12.4. The lowest BCUT2D eigenvalue weighted by molar-refractivity contribution is -0.112. The predicted molar refractivity (Wildman–Crippen MR) is 134 cm³/mol. The average molecular weight is 477 g/mol. The minimum atomic E-state index is -0.518. The van der Waals surface area contributed by atoms with Crippen LogP contribution in [0.2, 0.25) is 0 Å². The molecule has 0 radical (unpaired) electrons. The fraction of sp³-hybridized carbons (Fsp3) is 0.308. The molecule has 2 aromatic carbocycles. The summed E-state index contributed by atoms with van der Waals surface area (Å²) in [5.74, 6) is 1.52. The molecule has 1 heterocycles. The number of hydrogen-bond donors (Lipinski definition) is 1. The number of benzene rings is 2. The highest BCUT2D eigenvalue weighted by Gasteiger charge is 2.12. The molecule has 0 saturated heterocycles. The Kier molecular flexibility index (Phi) is 9.18. The zero-order chi connectivity index (χ0) is 24.3. The molecule has 0 bridgehead atoms. The maximum absolute atomic E-state index is 12.4. The highest BCUT2D eigenvalue weighted by atomic mass is 32.1. The van der Waals surface area contributed by atoms with E-state index in [0.717, 1.165) is 23.6 Å². The summed E-state index contributed by atoms with van der Waals surface area (Å²) in [6.45, 7) is 7.17. The molecule has 176 valence electrons. The van der Waals surface area contributed by atoms with Gasteiger partial charge < -0.3 is 9.47 Å². The van der Waals surface area contributed by atoms with E-state index in [4.69, 9.17) is 9.47 Å². The Balaban J connectivity index is 1.48. The standard InChI is InChI=1S/C26H28N4O3S/c1-4-18(3)20-8-12-23(13-9-20)33-15-14-32-22-10-6-19(7-11-22)16-21(17-27)25(31)28-26-30-29-24(5-2)34-26/h6-13,16,18H,4-5,14-15H2,1-3H3,(H,28,30,31). The van der Waals surface area contributed by atoms with Crippen molar-refractivity contribution in [1.82, 2.24) is 10.2 Å². The second kappa shape index (κ2) is 12.5. The van der Waals surface area contributed by atoms with Crippen molar-refractivity contribution < 1.29 is 14.3 Å². The molecule has 7 nitrogen and oxygen atoms in total. The van der Waals surface area contributed by atoms with Crippen molar-refractivity contribution in [3.63, 3.8) is 0 Å². The SMILES string of the molecule is CCc1nnc(NC(=O)C(C#N)=Cc2ccc(OCCOc3ccc(C(C)CC)cc3)cc2)s1. The third-order valence-electron chi connectivity index (χ3n) is 5.23. The van der Waals surface area contributed by atoms with E-state index < -0.39 is 5.91 Å². The van der Waals surface area contributed by atoms with E-state index >= 15 is 0 Å². The molecular weight excluding hydrogens is 448 g/mol. The zero-order valence-corrected chi connectivity index (χ0v) is 20.4. The van der Waals surface area contributed by atoms with Crippen molar-refractivity contribution in [2.45, 2.75) is 39.5 Å². The summed E-state index contributed by atoms with van der Waals surface area (Å²) < 4.78 is 11.5. The molecule has 0 aliphatic heterocycles. The third-order valence-corrected chi connectivity index (χ3v) is 6.21. The Morgan fingerprint density at radius 3 is 2.21 bits per heavy atom. The van der Waals surface area contributed by atoms with Crippen LogP contribution in [0.15, 0.2) is 54.1 Å². The summed E-state index contributed by atoms with van der Waals surface area (Å²) in [6, 6.07) is 17.3. The normalized spacial score (nSPS) is 12.0. The van der Waals surface area contributed by atoms with E-state index in [2.05, 4.69) is 41.5 Å². The summed E-state index contributed by atoms with van der Waals surface area (Å²) >= 11 is 1.29. The van der Waals surface area contributed by atoms with Gasteiger partial charge in [-0.05, 0) is 60.2 Å². The Bertz CT molecular complexity index is 1150. The van der Waals surface area contributed by atoms with E-state index in [-0.39, 0.29) is 5.57 Å². The number of anilines is 1. The van der Waals surface area contributed by atoms with Gasteiger partial charge in [-0.3, -0.25) is 10.1 Å². The molecule has 0 saturated carbocycles. The topological polar surface area (TPSA) is 97.1 Å². The van der Waals surface area contributed by atoms with Gasteiger partial charge in [-0.25, -0.2) is 0 Å². The van der Waals surface area contributed by atoms with Crippen LogP contribution in [0.4, 0.5) is 5.13 Å². The summed E-state index contributed by atoms with van der Waals surface area (Å²) in [5, 5.41) is 21.1. The van der Waals surface area contributed by atoms with Gasteiger partial charge in [0.2, 0.25) is 5.13 Å². The molecule has 0 aliphatic carbocycles. The van der Waals surface area contributed by atoms with Crippen LogP contribution in [0.3, 0.4) is 0 Å². The van der Waals surface area contributed by atoms with Gasteiger partial charge in [0, 0.05) is 0 Å². The lowest BCUT2D eigenvalue weighted by atomic mass is 9.99. The summed E-state index contributed by atoms with van der Waals surface area (Å²) in [5.41, 5.74) is 2.00.